The van der Waals surface area contributed by atoms with E-state index in [-0.39, 0.29) is 6.04 Å². The number of nitrogens with one attached hydrogen (secondary N) is 1. The van der Waals surface area contributed by atoms with Gasteiger partial charge in [0.2, 0.25) is 0 Å². The van der Waals surface area contributed by atoms with Crippen LogP contribution >= 0.6 is 11.3 Å². The van der Waals surface area contributed by atoms with Crippen LogP contribution in [0.25, 0.3) is 0 Å². The average Bonchev–Trinajstić information content (AvgIpc) is 2.95. The van der Waals surface area contributed by atoms with Crippen molar-refractivity contribution >= 4 is 17.3 Å². The molecule has 0 saturated carbocycles. The Morgan fingerprint density at radius 2 is 2.37 bits per heavy atom. The van der Waals surface area contributed by atoms with Crippen molar-refractivity contribution in [3.63, 3.8) is 0 Å². The van der Waals surface area contributed by atoms with Crippen molar-refractivity contribution in [3.05, 3.63) is 39.3 Å². The number of aromatic nitrogens is 2. The van der Waals surface area contributed by atoms with Crippen molar-refractivity contribution in [2.45, 2.75) is 26.4 Å². The zero-order valence-electron chi connectivity index (χ0n) is 11.2. The van der Waals surface area contributed by atoms with E-state index in [2.05, 4.69) is 17.3 Å². The fourth-order valence-corrected chi connectivity index (χ4v) is 2.70. The summed E-state index contributed by atoms with van der Waals surface area (Å²) in [4.78, 5) is 11.8. The number of rotatable bonds is 5. The summed E-state index contributed by atoms with van der Waals surface area (Å²) in [5, 5.41) is 18.1. The maximum atomic E-state index is 10.8. The molecule has 0 aliphatic rings. The topological polar surface area (TPSA) is 67.2 Å². The quantitative estimate of drug-likeness (QED) is 0.881. The lowest BCUT2D eigenvalue weighted by atomic mass is 10.1. The normalized spacial score (nSPS) is 12.6. The Morgan fingerprint density at radius 1 is 1.63 bits per heavy atom. The third-order valence-corrected chi connectivity index (χ3v) is 4.16. The molecule has 0 spiro atoms. The summed E-state index contributed by atoms with van der Waals surface area (Å²) < 4.78 is 1.85. The smallest absolute Gasteiger partial charge is 0.336 e. The number of aryl methyl sites for hydroxylation is 1. The number of nitrogens with zero attached hydrogens (tertiary/aromatic N) is 2. The zero-order chi connectivity index (χ0) is 14.0. The van der Waals surface area contributed by atoms with Gasteiger partial charge in [0.05, 0.1) is 11.8 Å². The second kappa shape index (κ2) is 5.54. The van der Waals surface area contributed by atoms with Crippen molar-refractivity contribution in [2.75, 3.05) is 0 Å². The molecule has 1 unspecified atom stereocenters. The molecule has 2 heterocycles. The van der Waals surface area contributed by atoms with E-state index in [0.29, 0.717) is 12.1 Å². The van der Waals surface area contributed by atoms with E-state index in [1.807, 2.05) is 24.9 Å². The monoisotopic (exact) mass is 279 g/mol. The van der Waals surface area contributed by atoms with Gasteiger partial charge in [0.1, 0.15) is 0 Å². The summed E-state index contributed by atoms with van der Waals surface area (Å²) in [6, 6.07) is 1.90. The van der Waals surface area contributed by atoms with Gasteiger partial charge in [-0.1, -0.05) is 0 Å². The summed E-state index contributed by atoms with van der Waals surface area (Å²) >= 11 is 1.46. The Labute approximate surface area is 115 Å². The van der Waals surface area contributed by atoms with Gasteiger partial charge in [-0.3, -0.25) is 4.68 Å². The fourth-order valence-electron chi connectivity index (χ4n) is 1.89. The minimum Gasteiger partial charge on any atom is -0.478 e. The summed E-state index contributed by atoms with van der Waals surface area (Å²) in [6.45, 7) is 4.78. The van der Waals surface area contributed by atoms with Crippen LogP contribution in [0.2, 0.25) is 0 Å². The second-order valence-electron chi connectivity index (χ2n) is 4.52. The van der Waals surface area contributed by atoms with E-state index in [4.69, 9.17) is 5.11 Å². The molecule has 0 radical (unpaired) electrons. The van der Waals surface area contributed by atoms with Crippen LogP contribution in [0.5, 0.6) is 0 Å². The number of aromatic carboxylic acids is 1. The highest BCUT2D eigenvalue weighted by molar-refractivity contribution is 7.10. The second-order valence-corrected chi connectivity index (χ2v) is 5.51. The molecule has 2 aromatic heterocycles. The molecule has 6 heteroatoms. The minimum atomic E-state index is -0.876. The highest BCUT2D eigenvalue weighted by Gasteiger charge is 2.12. The molecule has 1 atom stereocenters. The SMILES string of the molecule is Cc1c(C(C)NCc2cc(C(=O)O)cs2)cnn1C. The molecule has 0 saturated heterocycles. The van der Waals surface area contributed by atoms with Gasteiger partial charge in [-0.15, -0.1) is 11.3 Å². The molecule has 0 amide bonds. The predicted molar refractivity (Wildman–Crippen MR) is 74.5 cm³/mol. The molecular weight excluding hydrogens is 262 g/mol. The summed E-state index contributed by atoms with van der Waals surface area (Å²) in [6.07, 6.45) is 1.87. The van der Waals surface area contributed by atoms with Gasteiger partial charge in [-0.2, -0.15) is 5.10 Å². The molecule has 0 bridgehead atoms. The third kappa shape index (κ3) is 3.02. The lowest BCUT2D eigenvalue weighted by Gasteiger charge is -2.12. The number of carboxylic acids is 1. The lowest BCUT2D eigenvalue weighted by molar-refractivity contribution is 0.0697. The van der Waals surface area contributed by atoms with Gasteiger partial charge in [0.15, 0.2) is 0 Å². The average molecular weight is 279 g/mol. The summed E-state index contributed by atoms with van der Waals surface area (Å²) in [5.74, 6) is -0.876. The van der Waals surface area contributed by atoms with E-state index < -0.39 is 5.97 Å². The van der Waals surface area contributed by atoms with Crippen LogP contribution in [0.15, 0.2) is 17.6 Å². The summed E-state index contributed by atoms with van der Waals surface area (Å²) in [5.41, 5.74) is 2.65. The first-order valence-corrected chi connectivity index (χ1v) is 6.89. The first-order valence-electron chi connectivity index (χ1n) is 6.01. The highest BCUT2D eigenvalue weighted by Crippen LogP contribution is 2.19. The van der Waals surface area contributed by atoms with Crippen LogP contribution < -0.4 is 5.32 Å². The number of hydrogen-bond donors (Lipinski definition) is 2. The Kier molecular flexibility index (Phi) is 4.01. The van der Waals surface area contributed by atoms with Crippen molar-refractivity contribution in [1.29, 1.82) is 0 Å². The fraction of sp³-hybridized carbons (Fsp3) is 0.385. The van der Waals surface area contributed by atoms with Gasteiger partial charge >= 0.3 is 5.97 Å². The van der Waals surface area contributed by atoms with Crippen LogP contribution in [-0.2, 0) is 13.6 Å². The first kappa shape index (κ1) is 13.8. The van der Waals surface area contributed by atoms with Crippen molar-refractivity contribution < 1.29 is 9.90 Å². The van der Waals surface area contributed by atoms with Gasteiger partial charge in [-0.25, -0.2) is 4.79 Å². The zero-order valence-corrected chi connectivity index (χ0v) is 12.0. The number of carboxylic acid groups (broad SMARTS) is 1. The largest absolute Gasteiger partial charge is 0.478 e. The molecule has 19 heavy (non-hydrogen) atoms. The number of hydrogen-bond acceptors (Lipinski definition) is 4. The van der Waals surface area contributed by atoms with Crippen LogP contribution in [0, 0.1) is 6.92 Å². The molecule has 2 N–H and O–H groups in total. The van der Waals surface area contributed by atoms with Crippen molar-refractivity contribution in [2.24, 2.45) is 7.05 Å². The Bertz CT molecular complexity index is 588. The van der Waals surface area contributed by atoms with E-state index in [0.717, 1.165) is 16.1 Å². The molecule has 102 valence electrons. The van der Waals surface area contributed by atoms with E-state index in [9.17, 15) is 4.79 Å². The molecule has 0 aliphatic carbocycles. The highest BCUT2D eigenvalue weighted by atomic mass is 32.1. The van der Waals surface area contributed by atoms with Crippen molar-refractivity contribution in [1.82, 2.24) is 15.1 Å². The Hall–Kier alpha value is -1.66. The van der Waals surface area contributed by atoms with Crippen molar-refractivity contribution in [3.8, 4) is 0 Å². The third-order valence-electron chi connectivity index (χ3n) is 3.22. The molecule has 0 aliphatic heterocycles. The standard InChI is InChI=1S/C13H17N3O2S/c1-8(12-6-15-16(3)9(12)2)14-5-11-4-10(7-19-11)13(17)18/h4,6-8,14H,5H2,1-3H3,(H,17,18). The lowest BCUT2D eigenvalue weighted by Crippen LogP contribution is -2.18. The van der Waals surface area contributed by atoms with Gasteiger partial charge in [0, 0.05) is 41.1 Å². The Morgan fingerprint density at radius 3 is 2.89 bits per heavy atom. The van der Waals surface area contributed by atoms with E-state index in [1.54, 1.807) is 11.4 Å². The molecular formula is C13H17N3O2S. The van der Waals surface area contributed by atoms with Gasteiger partial charge < -0.3 is 10.4 Å². The maximum Gasteiger partial charge on any atom is 0.336 e. The molecule has 2 rings (SSSR count). The molecule has 0 aromatic carbocycles. The molecule has 2 aromatic rings. The minimum absolute atomic E-state index is 0.184. The molecule has 5 nitrogen and oxygen atoms in total. The van der Waals surface area contributed by atoms with Crippen LogP contribution in [0.3, 0.4) is 0 Å². The van der Waals surface area contributed by atoms with E-state index >= 15 is 0 Å². The van der Waals surface area contributed by atoms with Crippen LogP contribution in [-0.4, -0.2) is 20.9 Å². The molecule has 0 fully saturated rings. The Balaban J connectivity index is 1.98. The van der Waals surface area contributed by atoms with Gasteiger partial charge in [0.25, 0.3) is 0 Å². The maximum absolute atomic E-state index is 10.8. The number of carbonyl (C=O) groups is 1. The van der Waals surface area contributed by atoms with Crippen LogP contribution in [0.4, 0.5) is 0 Å². The van der Waals surface area contributed by atoms with E-state index in [1.165, 1.54) is 11.3 Å². The summed E-state index contributed by atoms with van der Waals surface area (Å²) in [7, 11) is 1.92. The number of thiophene rings is 1. The van der Waals surface area contributed by atoms with Crippen LogP contribution in [0.1, 0.15) is 39.5 Å². The first-order chi connectivity index (χ1) is 8.99. The van der Waals surface area contributed by atoms with Gasteiger partial charge in [-0.05, 0) is 19.9 Å². The predicted octanol–water partition coefficient (Wildman–Crippen LogP) is 2.34.